The molecule has 1 fully saturated rings. The molecule has 5 atom stereocenters. The fourth-order valence-electron chi connectivity index (χ4n) is 5.59. The van der Waals surface area contributed by atoms with Gasteiger partial charge in [0.1, 0.15) is 24.4 Å². The first-order valence-electron chi connectivity index (χ1n) is 14.3. The molecule has 1 unspecified atom stereocenters. The molecule has 2 heterocycles. The smallest absolute Gasteiger partial charge is 0.262 e. The molecule has 2 amide bonds. The van der Waals surface area contributed by atoms with Gasteiger partial charge in [-0.1, -0.05) is 103 Å². The number of aliphatic hydroxyl groups excluding tert-OH is 1. The minimum atomic E-state index is -1.54. The van der Waals surface area contributed by atoms with E-state index in [4.69, 9.17) is 18.9 Å². The Hall–Kier alpha value is -4.18. The highest BCUT2D eigenvalue weighted by molar-refractivity contribution is 6.21. The summed E-state index contributed by atoms with van der Waals surface area (Å²) >= 11 is 0. The maximum atomic E-state index is 13.6. The zero-order valence-corrected chi connectivity index (χ0v) is 23.5. The van der Waals surface area contributed by atoms with Crippen LogP contribution in [0.4, 0.5) is 0 Å². The van der Waals surface area contributed by atoms with Gasteiger partial charge < -0.3 is 24.1 Å². The predicted molar refractivity (Wildman–Crippen MR) is 158 cm³/mol. The van der Waals surface area contributed by atoms with Gasteiger partial charge in [0.2, 0.25) is 0 Å². The molecule has 0 aromatic heterocycles. The van der Waals surface area contributed by atoms with E-state index >= 15 is 0 Å². The third kappa shape index (κ3) is 6.44. The van der Waals surface area contributed by atoms with Crippen molar-refractivity contribution in [3.05, 3.63) is 143 Å². The van der Waals surface area contributed by atoms with Gasteiger partial charge in [0.25, 0.3) is 11.8 Å². The van der Waals surface area contributed by atoms with E-state index in [1.54, 1.807) is 24.3 Å². The van der Waals surface area contributed by atoms with Crippen molar-refractivity contribution in [1.29, 1.82) is 0 Å². The quantitative estimate of drug-likeness (QED) is 0.256. The number of ether oxygens (including phenoxy) is 4. The molecule has 6 rings (SSSR count). The summed E-state index contributed by atoms with van der Waals surface area (Å²) in [6.45, 7) is 0.811. The lowest BCUT2D eigenvalue weighted by Crippen LogP contribution is -2.66. The van der Waals surface area contributed by atoms with Gasteiger partial charge in [0, 0.05) is 0 Å². The molecule has 8 heteroatoms. The third-order valence-electron chi connectivity index (χ3n) is 7.72. The molecule has 0 aliphatic carbocycles. The first-order valence-corrected chi connectivity index (χ1v) is 14.3. The number of hydrogen-bond acceptors (Lipinski definition) is 7. The van der Waals surface area contributed by atoms with Crippen molar-refractivity contribution in [1.82, 2.24) is 4.90 Å². The minimum absolute atomic E-state index is 0.0887. The maximum absolute atomic E-state index is 13.6. The summed E-state index contributed by atoms with van der Waals surface area (Å²) < 4.78 is 25.1. The van der Waals surface area contributed by atoms with Gasteiger partial charge in [0.15, 0.2) is 6.29 Å². The second-order valence-corrected chi connectivity index (χ2v) is 10.6. The zero-order chi connectivity index (χ0) is 29.6. The number of benzene rings is 4. The largest absolute Gasteiger partial charge is 0.374 e. The van der Waals surface area contributed by atoms with E-state index < -0.39 is 42.5 Å². The van der Waals surface area contributed by atoms with Crippen LogP contribution in [0.2, 0.25) is 0 Å². The molecule has 0 spiro atoms. The SMILES string of the molecule is O=C1c2ccccc2C(=O)N1[C@H]1C(O)O[C@H](COCc2ccccc2)[C@@H](OCc2ccccc2)[C@@H]1OCc1ccccc1. The van der Waals surface area contributed by atoms with Crippen LogP contribution in [0.5, 0.6) is 0 Å². The summed E-state index contributed by atoms with van der Waals surface area (Å²) in [6, 6.07) is 34.4. The topological polar surface area (TPSA) is 94.5 Å². The Morgan fingerprint density at radius 2 is 1.05 bits per heavy atom. The van der Waals surface area contributed by atoms with E-state index in [2.05, 4.69) is 0 Å². The molecule has 2 aliphatic rings. The van der Waals surface area contributed by atoms with Crippen LogP contribution in [0.25, 0.3) is 0 Å². The van der Waals surface area contributed by atoms with Gasteiger partial charge >= 0.3 is 0 Å². The van der Waals surface area contributed by atoms with E-state index in [-0.39, 0.29) is 30.9 Å². The molecule has 4 aromatic carbocycles. The van der Waals surface area contributed by atoms with Crippen LogP contribution in [-0.4, -0.2) is 59.1 Å². The van der Waals surface area contributed by atoms with Crippen molar-refractivity contribution in [3.8, 4) is 0 Å². The summed E-state index contributed by atoms with van der Waals surface area (Å²) in [4.78, 5) is 28.2. The van der Waals surface area contributed by atoms with Crippen molar-refractivity contribution < 1.29 is 33.6 Å². The van der Waals surface area contributed by atoms with Gasteiger partial charge in [-0.3, -0.25) is 14.5 Å². The number of aliphatic hydroxyl groups is 1. The lowest BCUT2D eigenvalue weighted by atomic mass is 9.94. The molecule has 220 valence electrons. The van der Waals surface area contributed by atoms with E-state index in [0.29, 0.717) is 6.61 Å². The molecule has 43 heavy (non-hydrogen) atoms. The molecular weight excluding hydrogens is 546 g/mol. The summed E-state index contributed by atoms with van der Waals surface area (Å²) in [5.41, 5.74) is 3.36. The van der Waals surface area contributed by atoms with Gasteiger partial charge in [-0.25, -0.2) is 0 Å². The Balaban J connectivity index is 1.31. The van der Waals surface area contributed by atoms with Gasteiger partial charge in [-0.2, -0.15) is 0 Å². The molecule has 4 aromatic rings. The number of nitrogens with zero attached hydrogens (tertiary/aromatic N) is 1. The zero-order valence-electron chi connectivity index (χ0n) is 23.5. The highest BCUT2D eigenvalue weighted by atomic mass is 16.7. The molecule has 1 N–H and O–H groups in total. The average Bonchev–Trinajstić information content (AvgIpc) is 3.30. The number of hydrogen-bond donors (Lipinski definition) is 1. The fourth-order valence-corrected chi connectivity index (χ4v) is 5.59. The van der Waals surface area contributed by atoms with E-state index in [1.807, 2.05) is 91.0 Å². The van der Waals surface area contributed by atoms with Crippen molar-refractivity contribution in [2.24, 2.45) is 0 Å². The Kier molecular flexibility index (Phi) is 9.02. The fraction of sp³-hybridized carbons (Fsp3) is 0.257. The van der Waals surface area contributed by atoms with Crippen molar-refractivity contribution in [2.75, 3.05) is 6.61 Å². The van der Waals surface area contributed by atoms with E-state index in [9.17, 15) is 14.7 Å². The number of rotatable bonds is 11. The molecule has 8 nitrogen and oxygen atoms in total. The number of carbonyl (C=O) groups excluding carboxylic acids is 2. The minimum Gasteiger partial charge on any atom is -0.374 e. The number of amides is 2. The molecular formula is C35H33NO7. The second-order valence-electron chi connectivity index (χ2n) is 10.6. The third-order valence-corrected chi connectivity index (χ3v) is 7.72. The maximum Gasteiger partial charge on any atom is 0.262 e. The van der Waals surface area contributed by atoms with Crippen LogP contribution >= 0.6 is 0 Å². The molecule has 2 aliphatic heterocycles. The van der Waals surface area contributed by atoms with E-state index in [1.165, 1.54) is 0 Å². The normalized spacial score (nSPS) is 23.4. The standard InChI is InChI=1S/C35H33NO7/c37-33-27-18-10-11-19-28(27)34(38)36(33)30-32(42-22-26-16-8-3-9-17-26)31(41-21-25-14-6-2-7-15-25)29(43-35(30)39)23-40-20-24-12-4-1-5-13-24/h1-19,29-32,35,39H,20-23H2/t29-,30-,31-,32-,35?/m1/s1. The monoisotopic (exact) mass is 579 g/mol. The van der Waals surface area contributed by atoms with Crippen molar-refractivity contribution >= 4 is 11.8 Å². The first-order chi connectivity index (χ1) is 21.1. The van der Waals surface area contributed by atoms with Crippen LogP contribution in [0.15, 0.2) is 115 Å². The number of fused-ring (bicyclic) bond motifs is 1. The van der Waals surface area contributed by atoms with Crippen LogP contribution in [0.3, 0.4) is 0 Å². The van der Waals surface area contributed by atoms with Crippen molar-refractivity contribution in [2.45, 2.75) is 50.5 Å². The Morgan fingerprint density at radius 1 is 0.605 bits per heavy atom. The molecule has 0 radical (unpaired) electrons. The van der Waals surface area contributed by atoms with Gasteiger partial charge in [-0.05, 0) is 28.8 Å². The second kappa shape index (κ2) is 13.4. The molecule has 0 saturated carbocycles. The Bertz CT molecular complexity index is 1480. The lowest BCUT2D eigenvalue weighted by molar-refractivity contribution is -0.286. The average molecular weight is 580 g/mol. The number of carbonyl (C=O) groups is 2. The highest BCUT2D eigenvalue weighted by Crippen LogP contribution is 2.35. The van der Waals surface area contributed by atoms with Gasteiger partial charge in [0.05, 0.1) is 37.6 Å². The molecule has 0 bridgehead atoms. The van der Waals surface area contributed by atoms with Crippen LogP contribution in [0.1, 0.15) is 37.4 Å². The van der Waals surface area contributed by atoms with Gasteiger partial charge in [-0.15, -0.1) is 0 Å². The van der Waals surface area contributed by atoms with Crippen LogP contribution in [0, 0.1) is 0 Å². The molecule has 1 saturated heterocycles. The van der Waals surface area contributed by atoms with Crippen LogP contribution < -0.4 is 0 Å². The Labute approximate surface area is 250 Å². The van der Waals surface area contributed by atoms with Crippen LogP contribution in [-0.2, 0) is 38.8 Å². The summed E-state index contributed by atoms with van der Waals surface area (Å²) in [5, 5.41) is 11.4. The lowest BCUT2D eigenvalue weighted by Gasteiger charge is -2.47. The van der Waals surface area contributed by atoms with E-state index in [0.717, 1.165) is 21.6 Å². The summed E-state index contributed by atoms with van der Waals surface area (Å²) in [6.07, 6.45) is -4.02. The summed E-state index contributed by atoms with van der Waals surface area (Å²) in [5.74, 6) is -1.02. The number of imide groups is 1. The first kappa shape index (κ1) is 28.9. The predicted octanol–water partition coefficient (Wildman–Crippen LogP) is 4.76. The van der Waals surface area contributed by atoms with Crippen molar-refractivity contribution in [3.63, 3.8) is 0 Å². The highest BCUT2D eigenvalue weighted by Gasteiger charge is 2.54. The Morgan fingerprint density at radius 3 is 1.56 bits per heavy atom. The summed E-state index contributed by atoms with van der Waals surface area (Å²) in [7, 11) is 0.